The van der Waals surface area contributed by atoms with Crippen molar-refractivity contribution in [3.05, 3.63) is 22.8 Å². The highest BCUT2D eigenvalue weighted by Crippen LogP contribution is 2.69. The van der Waals surface area contributed by atoms with Gasteiger partial charge in [0.15, 0.2) is 0 Å². The molecule has 0 aliphatic heterocycles. The van der Waals surface area contributed by atoms with Crippen LogP contribution in [0.1, 0.15) is 126 Å². The third-order valence-corrected chi connectivity index (χ3v) is 11.8. The van der Waals surface area contributed by atoms with Crippen molar-refractivity contribution in [2.75, 3.05) is 0 Å². The van der Waals surface area contributed by atoms with Crippen LogP contribution < -0.4 is 0 Å². The molecule has 0 heterocycles. The molecule has 7 atom stereocenters. The first kappa shape index (κ1) is 24.6. The number of allylic oxidation sites excluding steroid dienone is 4. The summed E-state index contributed by atoms with van der Waals surface area (Å²) in [6.07, 6.45) is 17.7. The Bertz CT molecular complexity index is 750. The summed E-state index contributed by atoms with van der Waals surface area (Å²) >= 11 is 0. The number of hydrogen-bond acceptors (Lipinski definition) is 1. The first-order valence-corrected chi connectivity index (χ1v) is 14.2. The van der Waals surface area contributed by atoms with Gasteiger partial charge in [-0.05, 0) is 131 Å². The zero-order valence-corrected chi connectivity index (χ0v) is 22.4. The maximum atomic E-state index is 11.1. The van der Waals surface area contributed by atoms with Crippen LogP contribution in [0.15, 0.2) is 22.8 Å². The average molecular weight is 441 g/mol. The van der Waals surface area contributed by atoms with E-state index in [4.69, 9.17) is 0 Å². The average Bonchev–Trinajstić information content (AvgIpc) is 3.11. The molecule has 0 amide bonds. The fraction of sp³-hybridized carbons (Fsp3) is 0.871. The van der Waals surface area contributed by atoms with Gasteiger partial charge in [0.25, 0.3) is 0 Å². The molecule has 182 valence electrons. The molecule has 1 unspecified atom stereocenters. The van der Waals surface area contributed by atoms with E-state index in [-0.39, 0.29) is 11.5 Å². The Morgan fingerprint density at radius 2 is 1.75 bits per heavy atom. The van der Waals surface area contributed by atoms with Crippen LogP contribution in [0.2, 0.25) is 0 Å². The molecule has 1 heteroatoms. The van der Waals surface area contributed by atoms with Gasteiger partial charge in [-0.25, -0.2) is 0 Å². The number of rotatable bonds is 6. The molecule has 1 nitrogen and oxygen atoms in total. The molecule has 2 saturated carbocycles. The van der Waals surface area contributed by atoms with Crippen molar-refractivity contribution < 1.29 is 5.11 Å². The van der Waals surface area contributed by atoms with Crippen LogP contribution in [0, 0.1) is 39.9 Å². The van der Waals surface area contributed by atoms with Crippen LogP contribution in [-0.2, 0) is 0 Å². The standard InChI is InChI=1S/C31H52O/c1-8-31(9-2)27-16-13-23-25-15-14-24(22(5)12-10-11-21(3)4)29(25,6)19-17-26(23)30(27,7)20-18-28(31)32/h11,22,24-25,27-28,32H,8-10,12-20H2,1-7H3/t22-,24-,25+,27?,28+,29-,30-/m1/s1. The number of aliphatic hydroxyl groups is 1. The minimum Gasteiger partial charge on any atom is -0.393 e. The molecule has 2 fully saturated rings. The molecule has 0 radical (unpaired) electrons. The molecule has 0 bridgehead atoms. The molecule has 4 aliphatic rings. The van der Waals surface area contributed by atoms with E-state index < -0.39 is 0 Å². The second kappa shape index (κ2) is 8.90. The number of fused-ring (bicyclic) bond motifs is 4. The molecule has 4 rings (SSSR count). The fourth-order valence-corrected chi connectivity index (χ4v) is 9.96. The van der Waals surface area contributed by atoms with Crippen molar-refractivity contribution in [3.63, 3.8) is 0 Å². The Morgan fingerprint density at radius 3 is 2.41 bits per heavy atom. The third kappa shape index (κ3) is 3.59. The SMILES string of the molecule is CCC1(CC)C2CCC3=C(CC[C@]4(C)[C@@H]([C@H](C)CCC=C(C)C)CC[C@@H]34)[C@@]2(C)CC[C@@H]1O. The van der Waals surface area contributed by atoms with Gasteiger partial charge in [0.05, 0.1) is 6.10 Å². The molecular weight excluding hydrogens is 388 g/mol. The second-order valence-electron chi connectivity index (χ2n) is 13.1. The smallest absolute Gasteiger partial charge is 0.0599 e. The van der Waals surface area contributed by atoms with Gasteiger partial charge in [0.2, 0.25) is 0 Å². The summed E-state index contributed by atoms with van der Waals surface area (Å²) in [5.74, 6) is 3.25. The summed E-state index contributed by atoms with van der Waals surface area (Å²) in [5, 5.41) is 11.1. The monoisotopic (exact) mass is 440 g/mol. The lowest BCUT2D eigenvalue weighted by molar-refractivity contribution is -0.118. The Morgan fingerprint density at radius 1 is 1.03 bits per heavy atom. The predicted octanol–water partition coefficient (Wildman–Crippen LogP) is 8.87. The summed E-state index contributed by atoms with van der Waals surface area (Å²) in [6, 6.07) is 0. The van der Waals surface area contributed by atoms with Crippen molar-refractivity contribution >= 4 is 0 Å². The quantitative estimate of drug-likeness (QED) is 0.409. The first-order valence-electron chi connectivity index (χ1n) is 14.2. The third-order valence-electron chi connectivity index (χ3n) is 11.8. The van der Waals surface area contributed by atoms with E-state index in [2.05, 4.69) is 54.5 Å². The lowest BCUT2D eigenvalue weighted by Gasteiger charge is -2.61. The number of hydrogen-bond donors (Lipinski definition) is 1. The van der Waals surface area contributed by atoms with Gasteiger partial charge in [-0.1, -0.05) is 57.4 Å². The summed E-state index contributed by atoms with van der Waals surface area (Å²) in [5.41, 5.74) is 6.27. The zero-order valence-electron chi connectivity index (χ0n) is 22.4. The van der Waals surface area contributed by atoms with Gasteiger partial charge in [-0.15, -0.1) is 0 Å². The Hall–Kier alpha value is -0.560. The Kier molecular flexibility index (Phi) is 6.83. The van der Waals surface area contributed by atoms with Crippen LogP contribution in [0.3, 0.4) is 0 Å². The molecule has 0 aromatic carbocycles. The van der Waals surface area contributed by atoms with Crippen molar-refractivity contribution in [2.45, 2.75) is 132 Å². The molecular formula is C31H52O. The van der Waals surface area contributed by atoms with Crippen molar-refractivity contribution in [3.8, 4) is 0 Å². The lowest BCUT2D eigenvalue weighted by atomic mass is 9.44. The van der Waals surface area contributed by atoms with Crippen molar-refractivity contribution in [2.24, 2.45) is 39.9 Å². The molecule has 1 N–H and O–H groups in total. The summed E-state index contributed by atoms with van der Waals surface area (Å²) in [7, 11) is 0. The van der Waals surface area contributed by atoms with E-state index in [0.29, 0.717) is 16.7 Å². The second-order valence-corrected chi connectivity index (χ2v) is 13.1. The maximum Gasteiger partial charge on any atom is 0.0599 e. The summed E-state index contributed by atoms with van der Waals surface area (Å²) in [4.78, 5) is 0. The van der Waals surface area contributed by atoms with Crippen LogP contribution >= 0.6 is 0 Å². The lowest BCUT2D eigenvalue weighted by Crippen LogP contribution is -2.55. The molecule has 0 spiro atoms. The van der Waals surface area contributed by atoms with Crippen molar-refractivity contribution in [1.82, 2.24) is 0 Å². The normalized spacial score (nSPS) is 41.5. The van der Waals surface area contributed by atoms with E-state index in [0.717, 1.165) is 37.0 Å². The highest BCUT2D eigenvalue weighted by Gasteiger charge is 2.60. The topological polar surface area (TPSA) is 20.2 Å². The van der Waals surface area contributed by atoms with Gasteiger partial charge in [0.1, 0.15) is 0 Å². The van der Waals surface area contributed by atoms with Crippen molar-refractivity contribution in [1.29, 1.82) is 0 Å². The van der Waals surface area contributed by atoms with Crippen LogP contribution in [0.25, 0.3) is 0 Å². The van der Waals surface area contributed by atoms with Gasteiger partial charge in [-0.3, -0.25) is 0 Å². The Balaban J connectivity index is 1.61. The van der Waals surface area contributed by atoms with Crippen LogP contribution in [0.4, 0.5) is 0 Å². The predicted molar refractivity (Wildman–Crippen MR) is 137 cm³/mol. The van der Waals surface area contributed by atoms with E-state index in [1.165, 1.54) is 63.4 Å². The first-order chi connectivity index (χ1) is 15.1. The van der Waals surface area contributed by atoms with Gasteiger partial charge in [0, 0.05) is 0 Å². The molecule has 0 aromatic rings. The summed E-state index contributed by atoms with van der Waals surface area (Å²) < 4.78 is 0. The molecule has 0 aromatic heterocycles. The van der Waals surface area contributed by atoms with E-state index in [1.54, 1.807) is 0 Å². The minimum absolute atomic E-state index is 0.0934. The van der Waals surface area contributed by atoms with Gasteiger partial charge in [-0.2, -0.15) is 0 Å². The molecule has 0 saturated heterocycles. The largest absolute Gasteiger partial charge is 0.393 e. The fourth-order valence-electron chi connectivity index (χ4n) is 9.96. The zero-order chi connectivity index (χ0) is 23.3. The van der Waals surface area contributed by atoms with E-state index in [9.17, 15) is 5.11 Å². The van der Waals surface area contributed by atoms with E-state index in [1.807, 2.05) is 11.1 Å². The Labute approximate surface area is 199 Å². The molecule has 32 heavy (non-hydrogen) atoms. The summed E-state index contributed by atoms with van der Waals surface area (Å²) in [6.45, 7) is 17.0. The highest BCUT2D eigenvalue weighted by atomic mass is 16.3. The van der Waals surface area contributed by atoms with Gasteiger partial charge >= 0.3 is 0 Å². The molecule has 4 aliphatic carbocycles. The number of aliphatic hydroxyl groups excluding tert-OH is 1. The van der Waals surface area contributed by atoms with Crippen LogP contribution in [-0.4, -0.2) is 11.2 Å². The van der Waals surface area contributed by atoms with E-state index >= 15 is 0 Å². The minimum atomic E-state index is -0.0934. The maximum absolute atomic E-state index is 11.1. The van der Waals surface area contributed by atoms with Crippen LogP contribution in [0.5, 0.6) is 0 Å². The highest BCUT2D eigenvalue weighted by molar-refractivity contribution is 5.35. The van der Waals surface area contributed by atoms with Gasteiger partial charge < -0.3 is 5.11 Å².